The van der Waals surface area contributed by atoms with Crippen molar-refractivity contribution in [2.24, 2.45) is 0 Å². The fourth-order valence-electron chi connectivity index (χ4n) is 1.73. The Morgan fingerprint density at radius 2 is 2.33 bits per heavy atom. The minimum atomic E-state index is 0.766. The molecule has 0 saturated heterocycles. The third-order valence-electron chi connectivity index (χ3n) is 2.73. The molecular weight excluding hydrogens is 228 g/mol. The van der Waals surface area contributed by atoms with E-state index < -0.39 is 0 Å². The zero-order valence-corrected chi connectivity index (χ0v) is 11.6. The number of methoxy groups -OCH3 is 1. The molecule has 0 amide bonds. The fraction of sp³-hybridized carbons (Fsp3) is 0.692. The lowest BCUT2D eigenvalue weighted by Gasteiger charge is -2.04. The average Bonchev–Trinajstić information content (AvgIpc) is 2.80. The van der Waals surface area contributed by atoms with Gasteiger partial charge in [0.15, 0.2) is 0 Å². The molecule has 0 spiro atoms. The topological polar surface area (TPSA) is 52.0 Å². The molecule has 0 aliphatic heterocycles. The molecule has 5 heteroatoms. The highest BCUT2D eigenvalue weighted by atomic mass is 16.5. The number of allylic oxidation sites excluding steroid dienone is 1. The van der Waals surface area contributed by atoms with Gasteiger partial charge in [-0.3, -0.25) is 4.68 Å². The Kier molecular flexibility index (Phi) is 7.29. The zero-order chi connectivity index (χ0) is 13.2. The van der Waals surface area contributed by atoms with E-state index in [2.05, 4.69) is 35.3 Å². The summed E-state index contributed by atoms with van der Waals surface area (Å²) in [7, 11) is 1.72. The summed E-state index contributed by atoms with van der Waals surface area (Å²) in [6.07, 6.45) is 5.80. The van der Waals surface area contributed by atoms with Gasteiger partial charge in [0, 0.05) is 26.6 Å². The van der Waals surface area contributed by atoms with Crippen molar-refractivity contribution in [3.8, 4) is 0 Å². The molecule has 102 valence electrons. The molecular formula is C13H24N4O. The standard InChI is InChI=1S/C13H24N4O/c1-4-17-13(15-11-16-17)10-12(2)6-5-7-14-8-9-18-3/h6,11,14H,4-5,7-10H2,1-3H3. The van der Waals surface area contributed by atoms with E-state index in [9.17, 15) is 0 Å². The van der Waals surface area contributed by atoms with Gasteiger partial charge in [0.1, 0.15) is 12.2 Å². The molecule has 18 heavy (non-hydrogen) atoms. The predicted octanol–water partition coefficient (Wildman–Crippen LogP) is 1.41. The van der Waals surface area contributed by atoms with Gasteiger partial charge in [-0.15, -0.1) is 0 Å². The van der Waals surface area contributed by atoms with Crippen LogP contribution in [0.1, 0.15) is 26.1 Å². The van der Waals surface area contributed by atoms with Crippen LogP contribution in [0.25, 0.3) is 0 Å². The molecule has 0 bridgehead atoms. The number of hydrogen-bond donors (Lipinski definition) is 1. The van der Waals surface area contributed by atoms with Crippen molar-refractivity contribution in [2.45, 2.75) is 33.2 Å². The van der Waals surface area contributed by atoms with E-state index in [0.29, 0.717) is 0 Å². The molecule has 0 unspecified atom stereocenters. The van der Waals surface area contributed by atoms with Gasteiger partial charge in [-0.05, 0) is 26.8 Å². The number of ether oxygens (including phenoxy) is 1. The van der Waals surface area contributed by atoms with Crippen LogP contribution < -0.4 is 5.32 Å². The summed E-state index contributed by atoms with van der Waals surface area (Å²) in [4.78, 5) is 4.27. The monoisotopic (exact) mass is 252 g/mol. The molecule has 0 aliphatic rings. The van der Waals surface area contributed by atoms with Crippen LogP contribution in [0.4, 0.5) is 0 Å². The van der Waals surface area contributed by atoms with Gasteiger partial charge in [-0.2, -0.15) is 5.10 Å². The van der Waals surface area contributed by atoms with Crippen LogP contribution >= 0.6 is 0 Å². The first kappa shape index (κ1) is 14.9. The molecule has 0 fully saturated rings. The lowest BCUT2D eigenvalue weighted by molar-refractivity contribution is 0.199. The SMILES string of the molecule is CCn1ncnc1CC(C)=CCCNCCOC. The minimum Gasteiger partial charge on any atom is -0.383 e. The first-order chi connectivity index (χ1) is 8.77. The second-order valence-corrected chi connectivity index (χ2v) is 4.25. The molecule has 1 aromatic heterocycles. The Morgan fingerprint density at radius 3 is 3.06 bits per heavy atom. The second-order valence-electron chi connectivity index (χ2n) is 4.25. The lowest BCUT2D eigenvalue weighted by atomic mass is 10.1. The van der Waals surface area contributed by atoms with Crippen molar-refractivity contribution in [1.29, 1.82) is 0 Å². The summed E-state index contributed by atoms with van der Waals surface area (Å²) in [5.41, 5.74) is 1.34. The van der Waals surface area contributed by atoms with Gasteiger partial charge in [0.25, 0.3) is 0 Å². The number of aromatic nitrogens is 3. The molecule has 5 nitrogen and oxygen atoms in total. The summed E-state index contributed by atoms with van der Waals surface area (Å²) < 4.78 is 6.91. The molecule has 0 saturated carbocycles. The normalized spacial score (nSPS) is 12.1. The van der Waals surface area contributed by atoms with Crippen molar-refractivity contribution in [2.75, 3.05) is 26.8 Å². The van der Waals surface area contributed by atoms with Gasteiger partial charge < -0.3 is 10.1 Å². The van der Waals surface area contributed by atoms with Crippen molar-refractivity contribution in [1.82, 2.24) is 20.1 Å². The zero-order valence-electron chi connectivity index (χ0n) is 11.6. The predicted molar refractivity (Wildman–Crippen MR) is 72.5 cm³/mol. The van der Waals surface area contributed by atoms with Crippen molar-refractivity contribution in [3.63, 3.8) is 0 Å². The molecule has 0 aliphatic carbocycles. The van der Waals surface area contributed by atoms with E-state index >= 15 is 0 Å². The Balaban J connectivity index is 2.25. The van der Waals surface area contributed by atoms with Crippen molar-refractivity contribution >= 4 is 0 Å². The summed E-state index contributed by atoms with van der Waals surface area (Å²) in [5, 5.41) is 7.49. The fourth-order valence-corrected chi connectivity index (χ4v) is 1.73. The maximum absolute atomic E-state index is 4.97. The van der Waals surface area contributed by atoms with E-state index in [-0.39, 0.29) is 0 Å². The van der Waals surface area contributed by atoms with Crippen LogP contribution in [0.5, 0.6) is 0 Å². The Labute approximate surface area is 109 Å². The van der Waals surface area contributed by atoms with E-state index in [1.54, 1.807) is 13.4 Å². The number of rotatable bonds is 9. The van der Waals surface area contributed by atoms with E-state index in [0.717, 1.165) is 44.9 Å². The number of aryl methyl sites for hydroxylation is 1. The van der Waals surface area contributed by atoms with E-state index in [4.69, 9.17) is 4.74 Å². The van der Waals surface area contributed by atoms with Crippen LogP contribution in [0, 0.1) is 0 Å². The first-order valence-corrected chi connectivity index (χ1v) is 6.50. The highest BCUT2D eigenvalue weighted by molar-refractivity contribution is 5.06. The minimum absolute atomic E-state index is 0.766. The quantitative estimate of drug-likeness (QED) is 0.533. The molecule has 1 rings (SSSR count). The van der Waals surface area contributed by atoms with Crippen LogP contribution in [0.3, 0.4) is 0 Å². The maximum Gasteiger partial charge on any atom is 0.138 e. The Hall–Kier alpha value is -1.20. The summed E-state index contributed by atoms with van der Waals surface area (Å²) in [5.74, 6) is 1.04. The Bertz CT molecular complexity index is 360. The van der Waals surface area contributed by atoms with Crippen LogP contribution in [-0.2, 0) is 17.7 Å². The van der Waals surface area contributed by atoms with Gasteiger partial charge in [0.05, 0.1) is 6.61 Å². The molecule has 0 aromatic carbocycles. The largest absolute Gasteiger partial charge is 0.383 e. The molecule has 1 heterocycles. The van der Waals surface area contributed by atoms with Crippen molar-refractivity contribution < 1.29 is 4.74 Å². The van der Waals surface area contributed by atoms with Gasteiger partial charge >= 0.3 is 0 Å². The third kappa shape index (κ3) is 5.42. The van der Waals surface area contributed by atoms with Crippen molar-refractivity contribution in [3.05, 3.63) is 23.8 Å². The first-order valence-electron chi connectivity index (χ1n) is 6.50. The van der Waals surface area contributed by atoms with Gasteiger partial charge in [0.2, 0.25) is 0 Å². The maximum atomic E-state index is 4.97. The Morgan fingerprint density at radius 1 is 1.50 bits per heavy atom. The summed E-state index contributed by atoms with van der Waals surface area (Å²) >= 11 is 0. The van der Waals surface area contributed by atoms with E-state index in [1.807, 2.05) is 4.68 Å². The number of nitrogens with one attached hydrogen (secondary N) is 1. The number of nitrogens with zero attached hydrogens (tertiary/aromatic N) is 3. The summed E-state index contributed by atoms with van der Waals surface area (Å²) in [6.45, 7) is 7.76. The summed E-state index contributed by atoms with van der Waals surface area (Å²) in [6, 6.07) is 0. The second kappa shape index (κ2) is 8.83. The smallest absolute Gasteiger partial charge is 0.138 e. The number of hydrogen-bond acceptors (Lipinski definition) is 4. The lowest BCUT2D eigenvalue weighted by Crippen LogP contribution is -2.19. The molecule has 1 aromatic rings. The van der Waals surface area contributed by atoms with Crippen LogP contribution in [-0.4, -0.2) is 41.6 Å². The van der Waals surface area contributed by atoms with E-state index in [1.165, 1.54) is 5.57 Å². The highest BCUT2D eigenvalue weighted by Crippen LogP contribution is 2.05. The van der Waals surface area contributed by atoms with Gasteiger partial charge in [-0.25, -0.2) is 4.98 Å². The average molecular weight is 252 g/mol. The van der Waals surface area contributed by atoms with Gasteiger partial charge in [-0.1, -0.05) is 11.6 Å². The molecule has 1 N–H and O–H groups in total. The highest BCUT2D eigenvalue weighted by Gasteiger charge is 2.02. The van der Waals surface area contributed by atoms with Crippen LogP contribution in [0.15, 0.2) is 18.0 Å². The van der Waals surface area contributed by atoms with Crippen LogP contribution in [0.2, 0.25) is 0 Å². The molecule has 0 radical (unpaired) electrons. The third-order valence-corrected chi connectivity index (χ3v) is 2.73. The molecule has 0 atom stereocenters.